The molecule has 0 aliphatic heterocycles. The molecule has 0 radical (unpaired) electrons. The first-order valence-electron chi connectivity index (χ1n) is 5.64. The minimum Gasteiger partial charge on any atom is -0.308 e. The highest BCUT2D eigenvalue weighted by Gasteiger charge is 2.12. The highest BCUT2D eigenvalue weighted by atomic mass is 35.5. The number of aromatic nitrogens is 2. The van der Waals surface area contributed by atoms with Gasteiger partial charge in [0.1, 0.15) is 10.0 Å². The van der Waals surface area contributed by atoms with Gasteiger partial charge in [-0.3, -0.25) is 0 Å². The largest absolute Gasteiger partial charge is 0.308 e. The number of hydrogen-bond acceptors (Lipinski definition) is 4. The van der Waals surface area contributed by atoms with Gasteiger partial charge in [-0.05, 0) is 25.6 Å². The molecule has 2 rings (SSSR count). The van der Waals surface area contributed by atoms with E-state index in [4.69, 9.17) is 23.2 Å². The SMILES string of the molecule is CCNC(C)c1nnc(-c2ccc(Cl)c(Cl)c2)s1. The molecule has 0 fully saturated rings. The Morgan fingerprint density at radius 2 is 2.06 bits per heavy atom. The number of nitrogens with one attached hydrogen (secondary N) is 1. The quantitative estimate of drug-likeness (QED) is 0.920. The molecule has 0 aliphatic rings. The second kappa shape index (κ2) is 5.97. The lowest BCUT2D eigenvalue weighted by atomic mass is 10.2. The normalized spacial score (nSPS) is 12.7. The van der Waals surface area contributed by atoms with Crippen molar-refractivity contribution in [2.45, 2.75) is 19.9 Å². The van der Waals surface area contributed by atoms with Crippen LogP contribution in [-0.2, 0) is 0 Å². The third kappa shape index (κ3) is 3.01. The molecule has 0 amide bonds. The van der Waals surface area contributed by atoms with Crippen molar-refractivity contribution in [1.29, 1.82) is 0 Å². The Morgan fingerprint density at radius 3 is 2.72 bits per heavy atom. The molecule has 6 heteroatoms. The third-order valence-electron chi connectivity index (χ3n) is 2.49. The van der Waals surface area contributed by atoms with E-state index in [-0.39, 0.29) is 6.04 Å². The van der Waals surface area contributed by atoms with Crippen LogP contribution >= 0.6 is 34.5 Å². The fraction of sp³-hybridized carbons (Fsp3) is 0.333. The van der Waals surface area contributed by atoms with Crippen molar-refractivity contribution >= 4 is 34.5 Å². The first-order valence-corrected chi connectivity index (χ1v) is 7.21. The first kappa shape index (κ1) is 13.7. The van der Waals surface area contributed by atoms with Crippen LogP contribution in [0.3, 0.4) is 0 Å². The maximum Gasteiger partial charge on any atom is 0.147 e. The van der Waals surface area contributed by atoms with Gasteiger partial charge in [0, 0.05) is 5.56 Å². The van der Waals surface area contributed by atoms with Crippen LogP contribution in [0.15, 0.2) is 18.2 Å². The highest BCUT2D eigenvalue weighted by molar-refractivity contribution is 7.14. The number of rotatable bonds is 4. The number of halogens is 2. The zero-order valence-corrected chi connectivity index (χ0v) is 12.4. The van der Waals surface area contributed by atoms with Gasteiger partial charge in [0.25, 0.3) is 0 Å². The molecule has 0 aliphatic carbocycles. The highest BCUT2D eigenvalue weighted by Crippen LogP contribution is 2.31. The molecule has 2 aromatic rings. The lowest BCUT2D eigenvalue weighted by Gasteiger charge is -2.06. The van der Waals surface area contributed by atoms with Crippen LogP contribution in [0.2, 0.25) is 10.0 Å². The second-order valence-electron chi connectivity index (χ2n) is 3.85. The third-order valence-corrected chi connectivity index (χ3v) is 4.38. The van der Waals surface area contributed by atoms with Crippen LogP contribution in [0.4, 0.5) is 0 Å². The Labute approximate surface area is 120 Å². The molecule has 1 unspecified atom stereocenters. The number of nitrogens with zero attached hydrogens (tertiary/aromatic N) is 2. The molecule has 0 spiro atoms. The summed E-state index contributed by atoms with van der Waals surface area (Å²) in [4.78, 5) is 0. The van der Waals surface area contributed by atoms with E-state index >= 15 is 0 Å². The summed E-state index contributed by atoms with van der Waals surface area (Å²) in [5, 5.41) is 14.6. The van der Waals surface area contributed by atoms with Crippen molar-refractivity contribution in [2.24, 2.45) is 0 Å². The van der Waals surface area contributed by atoms with Gasteiger partial charge in [0.05, 0.1) is 16.1 Å². The molecule has 1 aromatic carbocycles. The van der Waals surface area contributed by atoms with Crippen LogP contribution in [-0.4, -0.2) is 16.7 Å². The van der Waals surface area contributed by atoms with Crippen molar-refractivity contribution < 1.29 is 0 Å². The summed E-state index contributed by atoms with van der Waals surface area (Å²) in [6.07, 6.45) is 0. The second-order valence-corrected chi connectivity index (χ2v) is 5.68. The van der Waals surface area contributed by atoms with Gasteiger partial charge in [-0.25, -0.2) is 0 Å². The Bertz CT molecular complexity index is 542. The maximum atomic E-state index is 5.99. The standard InChI is InChI=1S/C12H13Cl2N3S/c1-3-15-7(2)11-16-17-12(18-11)8-4-5-9(13)10(14)6-8/h4-7,15H,3H2,1-2H3. The van der Waals surface area contributed by atoms with Crippen LogP contribution in [0.5, 0.6) is 0 Å². The zero-order chi connectivity index (χ0) is 13.1. The predicted octanol–water partition coefficient (Wildman–Crippen LogP) is 4.18. The van der Waals surface area contributed by atoms with Crippen LogP contribution in [0.1, 0.15) is 24.9 Å². The predicted molar refractivity (Wildman–Crippen MR) is 77.5 cm³/mol. The van der Waals surface area contributed by atoms with Crippen molar-refractivity contribution in [3.05, 3.63) is 33.3 Å². The zero-order valence-electron chi connectivity index (χ0n) is 10.1. The summed E-state index contributed by atoms with van der Waals surface area (Å²) >= 11 is 13.4. The minimum atomic E-state index is 0.212. The van der Waals surface area contributed by atoms with Crippen molar-refractivity contribution in [1.82, 2.24) is 15.5 Å². The topological polar surface area (TPSA) is 37.8 Å². The van der Waals surface area contributed by atoms with E-state index in [1.165, 1.54) is 0 Å². The average molecular weight is 302 g/mol. The van der Waals surface area contributed by atoms with Gasteiger partial charge in [-0.15, -0.1) is 10.2 Å². The molecule has 3 nitrogen and oxygen atoms in total. The van der Waals surface area contributed by atoms with Gasteiger partial charge in [-0.2, -0.15) is 0 Å². The minimum absolute atomic E-state index is 0.212. The average Bonchev–Trinajstić information content (AvgIpc) is 2.82. The molecular weight excluding hydrogens is 289 g/mol. The van der Waals surface area contributed by atoms with Crippen LogP contribution in [0.25, 0.3) is 10.6 Å². The van der Waals surface area contributed by atoms with Gasteiger partial charge in [0.2, 0.25) is 0 Å². The van der Waals surface area contributed by atoms with E-state index in [1.807, 2.05) is 12.1 Å². The van der Waals surface area contributed by atoms with Gasteiger partial charge in [0.15, 0.2) is 0 Å². The maximum absolute atomic E-state index is 5.99. The van der Waals surface area contributed by atoms with E-state index in [9.17, 15) is 0 Å². The molecule has 0 saturated heterocycles. The fourth-order valence-electron chi connectivity index (χ4n) is 1.55. The monoisotopic (exact) mass is 301 g/mol. The summed E-state index contributed by atoms with van der Waals surface area (Å²) in [5.74, 6) is 0. The van der Waals surface area contributed by atoms with Crippen molar-refractivity contribution in [3.8, 4) is 10.6 Å². The molecule has 0 saturated carbocycles. The van der Waals surface area contributed by atoms with Gasteiger partial charge < -0.3 is 5.32 Å². The summed E-state index contributed by atoms with van der Waals surface area (Å²) in [6, 6.07) is 5.69. The number of hydrogen-bond donors (Lipinski definition) is 1. The van der Waals surface area contributed by atoms with E-state index < -0.39 is 0 Å². The van der Waals surface area contributed by atoms with E-state index in [1.54, 1.807) is 17.4 Å². The molecule has 0 bridgehead atoms. The summed E-state index contributed by atoms with van der Waals surface area (Å²) in [5.41, 5.74) is 0.942. The Balaban J connectivity index is 2.26. The molecule has 1 aromatic heterocycles. The Morgan fingerprint density at radius 1 is 1.28 bits per heavy atom. The molecule has 96 valence electrons. The smallest absolute Gasteiger partial charge is 0.147 e. The Hall–Kier alpha value is -0.680. The summed E-state index contributed by atoms with van der Waals surface area (Å²) in [7, 11) is 0. The number of benzene rings is 1. The lowest BCUT2D eigenvalue weighted by Crippen LogP contribution is -2.17. The summed E-state index contributed by atoms with van der Waals surface area (Å²) in [6.45, 7) is 5.04. The molecule has 1 N–H and O–H groups in total. The van der Waals surface area contributed by atoms with Crippen molar-refractivity contribution in [3.63, 3.8) is 0 Å². The first-order chi connectivity index (χ1) is 8.61. The molecule has 18 heavy (non-hydrogen) atoms. The van der Waals surface area contributed by atoms with E-state index in [2.05, 4.69) is 29.4 Å². The van der Waals surface area contributed by atoms with Gasteiger partial charge >= 0.3 is 0 Å². The molecule has 1 heterocycles. The Kier molecular flexibility index (Phi) is 4.56. The molecule has 1 atom stereocenters. The van der Waals surface area contributed by atoms with E-state index in [0.717, 1.165) is 22.1 Å². The lowest BCUT2D eigenvalue weighted by molar-refractivity contribution is 0.590. The van der Waals surface area contributed by atoms with E-state index in [0.29, 0.717) is 10.0 Å². The summed E-state index contributed by atoms with van der Waals surface area (Å²) < 4.78 is 0. The van der Waals surface area contributed by atoms with Gasteiger partial charge in [-0.1, -0.05) is 47.5 Å². The van der Waals surface area contributed by atoms with Crippen LogP contribution < -0.4 is 5.32 Å². The fourth-order valence-corrected chi connectivity index (χ4v) is 2.71. The molecular formula is C12H13Cl2N3S. The van der Waals surface area contributed by atoms with Crippen LogP contribution in [0, 0.1) is 0 Å². The van der Waals surface area contributed by atoms with Crippen molar-refractivity contribution in [2.75, 3.05) is 6.54 Å².